The Kier molecular flexibility index (Phi) is 4.94. The first-order valence-corrected chi connectivity index (χ1v) is 10.6. The maximum absolute atomic E-state index is 13.0. The molecule has 1 fully saturated rings. The Morgan fingerprint density at radius 1 is 1.26 bits per heavy atom. The maximum Gasteiger partial charge on any atom is 0.332 e. The standard InChI is InChI=1S/C19H25N3O4S/c1-12-4-5-13-14(10-12)27-18-16(13)17(25)22(11-15(23)24)19(26)21(18)9-8-20-6-2-3-7-20/h12H,2-11H2,1H3,(H,23,24)/t12-/m0/s1. The topological polar surface area (TPSA) is 88.6 Å². The Labute approximate surface area is 160 Å². The Morgan fingerprint density at radius 2 is 2.00 bits per heavy atom. The zero-order valence-electron chi connectivity index (χ0n) is 15.6. The van der Waals surface area contributed by atoms with Gasteiger partial charge in [0.25, 0.3) is 5.56 Å². The number of aromatic nitrogens is 2. The molecule has 8 heteroatoms. The zero-order chi connectivity index (χ0) is 19.1. The van der Waals surface area contributed by atoms with Crippen LogP contribution in [-0.4, -0.2) is 34.7 Å². The fraction of sp³-hybridized carbons (Fsp3) is 0.632. The number of nitrogens with one attached hydrogen (secondary N) is 1. The molecule has 1 atom stereocenters. The number of rotatable bonds is 5. The normalized spacial score (nSPS) is 20.3. The van der Waals surface area contributed by atoms with Crippen molar-refractivity contribution in [2.45, 2.75) is 52.1 Å². The highest BCUT2D eigenvalue weighted by Gasteiger charge is 2.26. The molecule has 2 aromatic rings. The van der Waals surface area contributed by atoms with Crippen molar-refractivity contribution in [1.29, 1.82) is 0 Å². The lowest BCUT2D eigenvalue weighted by atomic mass is 9.89. The molecule has 27 heavy (non-hydrogen) atoms. The van der Waals surface area contributed by atoms with Gasteiger partial charge in [-0.15, -0.1) is 11.3 Å². The molecule has 1 aliphatic carbocycles. The molecule has 1 aliphatic heterocycles. The molecule has 1 saturated heterocycles. The van der Waals surface area contributed by atoms with Gasteiger partial charge in [-0.05, 0) is 30.7 Å². The molecule has 0 aromatic carbocycles. The number of likely N-dealkylation sites (tertiary alicyclic amines) is 1. The summed E-state index contributed by atoms with van der Waals surface area (Å²) in [7, 11) is 0. The van der Waals surface area contributed by atoms with Crippen LogP contribution in [0.1, 0.15) is 36.6 Å². The molecule has 2 aromatic heterocycles. The van der Waals surface area contributed by atoms with E-state index in [4.69, 9.17) is 0 Å². The molecule has 0 spiro atoms. The first-order valence-electron chi connectivity index (χ1n) is 9.77. The second kappa shape index (κ2) is 7.24. The molecule has 4 rings (SSSR count). The minimum atomic E-state index is -1.41. The van der Waals surface area contributed by atoms with E-state index in [2.05, 4.69) is 6.92 Å². The van der Waals surface area contributed by atoms with Crippen LogP contribution in [0.15, 0.2) is 9.59 Å². The summed E-state index contributed by atoms with van der Waals surface area (Å²) in [5.41, 5.74) is 0.0189. The third kappa shape index (κ3) is 3.36. The summed E-state index contributed by atoms with van der Waals surface area (Å²) in [6.07, 6.45) is 5.15. The van der Waals surface area contributed by atoms with Gasteiger partial charge in [0.15, 0.2) is 0 Å². The number of carboxylic acid groups (broad SMARTS) is 1. The summed E-state index contributed by atoms with van der Waals surface area (Å²) in [6.45, 7) is 5.05. The molecule has 3 heterocycles. The van der Waals surface area contributed by atoms with E-state index in [0.29, 0.717) is 17.8 Å². The quantitative estimate of drug-likeness (QED) is 0.692. The van der Waals surface area contributed by atoms with Crippen LogP contribution in [0.4, 0.5) is 0 Å². The molecular formula is C19H25N3O4S. The summed E-state index contributed by atoms with van der Waals surface area (Å²) in [5.74, 6) is -0.854. The van der Waals surface area contributed by atoms with E-state index in [1.54, 1.807) is 15.9 Å². The fourth-order valence-electron chi connectivity index (χ4n) is 4.46. The average Bonchev–Trinajstić information content (AvgIpc) is 3.25. The van der Waals surface area contributed by atoms with E-state index >= 15 is 0 Å². The van der Waals surface area contributed by atoms with Gasteiger partial charge in [0, 0.05) is 17.7 Å². The fourth-order valence-corrected chi connectivity index (χ4v) is 5.98. The number of carbonyl (C=O) groups excluding carboxylic acids is 1. The zero-order valence-corrected chi connectivity index (χ0v) is 16.4. The minimum absolute atomic E-state index is 0.476. The molecule has 2 aliphatic rings. The van der Waals surface area contributed by atoms with Crippen molar-refractivity contribution in [1.82, 2.24) is 9.13 Å². The van der Waals surface area contributed by atoms with Gasteiger partial charge in [0.2, 0.25) is 0 Å². The number of carboxylic acids is 1. The third-order valence-electron chi connectivity index (χ3n) is 5.95. The van der Waals surface area contributed by atoms with E-state index in [0.717, 1.165) is 53.9 Å². The van der Waals surface area contributed by atoms with E-state index in [1.807, 2.05) is 0 Å². The maximum atomic E-state index is 13.0. The number of fused-ring (bicyclic) bond motifs is 3. The van der Waals surface area contributed by atoms with Crippen LogP contribution >= 0.6 is 11.3 Å². The molecule has 0 bridgehead atoms. The van der Waals surface area contributed by atoms with Crippen LogP contribution < -0.4 is 21.3 Å². The number of thiophene rings is 1. The van der Waals surface area contributed by atoms with Crippen molar-refractivity contribution < 1.29 is 14.8 Å². The molecule has 146 valence electrons. The van der Waals surface area contributed by atoms with Crippen LogP contribution in [0.2, 0.25) is 0 Å². The number of nitrogens with zero attached hydrogens (tertiary/aromatic N) is 2. The molecule has 0 unspecified atom stereocenters. The summed E-state index contributed by atoms with van der Waals surface area (Å²) in [6, 6.07) is 0. The van der Waals surface area contributed by atoms with Gasteiger partial charge >= 0.3 is 5.69 Å². The Bertz CT molecular complexity index is 997. The van der Waals surface area contributed by atoms with Crippen LogP contribution in [0.25, 0.3) is 10.2 Å². The smallest absolute Gasteiger partial charge is 0.332 e. The van der Waals surface area contributed by atoms with Gasteiger partial charge in [-0.1, -0.05) is 6.92 Å². The van der Waals surface area contributed by atoms with Gasteiger partial charge in [-0.25, -0.2) is 4.79 Å². The number of aryl methyl sites for hydroxylation is 1. The first kappa shape index (κ1) is 18.4. The summed E-state index contributed by atoms with van der Waals surface area (Å²) in [4.78, 5) is 40.4. The molecule has 1 N–H and O–H groups in total. The monoisotopic (exact) mass is 391 g/mol. The van der Waals surface area contributed by atoms with Crippen molar-refractivity contribution in [2.75, 3.05) is 19.6 Å². The largest absolute Gasteiger partial charge is 0.548 e. The lowest BCUT2D eigenvalue weighted by Gasteiger charge is -2.18. The van der Waals surface area contributed by atoms with E-state index in [1.165, 1.54) is 22.6 Å². The van der Waals surface area contributed by atoms with Crippen LogP contribution in [-0.2, 0) is 30.7 Å². The highest BCUT2D eigenvalue weighted by atomic mass is 32.1. The van der Waals surface area contributed by atoms with Crippen molar-refractivity contribution in [3.8, 4) is 0 Å². The number of hydrogen-bond donors (Lipinski definition) is 1. The average molecular weight is 391 g/mol. The Morgan fingerprint density at radius 3 is 2.70 bits per heavy atom. The lowest BCUT2D eigenvalue weighted by Crippen LogP contribution is -3.10. The van der Waals surface area contributed by atoms with Crippen LogP contribution in [0.5, 0.6) is 0 Å². The second-order valence-corrected chi connectivity index (χ2v) is 9.02. The first-order chi connectivity index (χ1) is 13.0. The predicted molar refractivity (Wildman–Crippen MR) is 101 cm³/mol. The van der Waals surface area contributed by atoms with Crippen LogP contribution in [0, 0.1) is 5.92 Å². The van der Waals surface area contributed by atoms with E-state index in [-0.39, 0.29) is 0 Å². The Balaban J connectivity index is 1.86. The van der Waals surface area contributed by atoms with Crippen molar-refractivity contribution in [2.24, 2.45) is 5.92 Å². The molecule has 7 nitrogen and oxygen atoms in total. The predicted octanol–water partition coefficient (Wildman–Crippen LogP) is -1.22. The second-order valence-electron chi connectivity index (χ2n) is 7.94. The van der Waals surface area contributed by atoms with Gasteiger partial charge in [-0.2, -0.15) is 0 Å². The van der Waals surface area contributed by atoms with Gasteiger partial charge < -0.3 is 14.8 Å². The lowest BCUT2D eigenvalue weighted by molar-refractivity contribution is -0.888. The highest BCUT2D eigenvalue weighted by Crippen LogP contribution is 2.36. The number of quaternary nitrogens is 1. The van der Waals surface area contributed by atoms with E-state index in [9.17, 15) is 19.5 Å². The van der Waals surface area contributed by atoms with Crippen LogP contribution in [0.3, 0.4) is 0 Å². The SMILES string of the molecule is C[C@H]1CCc2c(sc3c2c(=O)n(CC(=O)[O-])c(=O)n3CC[NH+]2CCCC2)C1. The summed E-state index contributed by atoms with van der Waals surface area (Å²) in [5, 5.41) is 11.7. The number of aliphatic carboxylic acids is 1. The number of hydrogen-bond acceptors (Lipinski definition) is 5. The van der Waals surface area contributed by atoms with Gasteiger partial charge in [-0.3, -0.25) is 13.9 Å². The minimum Gasteiger partial charge on any atom is -0.548 e. The van der Waals surface area contributed by atoms with Crippen molar-refractivity contribution >= 4 is 27.5 Å². The third-order valence-corrected chi connectivity index (χ3v) is 7.22. The van der Waals surface area contributed by atoms with Gasteiger partial charge in [0.05, 0.1) is 44.1 Å². The highest BCUT2D eigenvalue weighted by molar-refractivity contribution is 7.18. The summed E-state index contributed by atoms with van der Waals surface area (Å²) < 4.78 is 2.49. The molecule has 0 saturated carbocycles. The van der Waals surface area contributed by atoms with Crippen molar-refractivity contribution in [3.05, 3.63) is 31.3 Å². The summed E-state index contributed by atoms with van der Waals surface area (Å²) >= 11 is 1.55. The van der Waals surface area contributed by atoms with E-state index < -0.39 is 23.8 Å². The molecular weight excluding hydrogens is 366 g/mol. The molecule has 0 radical (unpaired) electrons. The van der Waals surface area contributed by atoms with Crippen molar-refractivity contribution in [3.63, 3.8) is 0 Å². The Hall–Kier alpha value is -1.93. The van der Waals surface area contributed by atoms with Gasteiger partial charge in [0.1, 0.15) is 4.83 Å². The number of carbonyl (C=O) groups is 1. The molecule has 0 amide bonds.